The van der Waals surface area contributed by atoms with E-state index in [9.17, 15) is 18.0 Å². The summed E-state index contributed by atoms with van der Waals surface area (Å²) in [7, 11) is 0. The van der Waals surface area contributed by atoms with Gasteiger partial charge in [0.2, 0.25) is 0 Å². The molecule has 0 saturated carbocycles. The zero-order chi connectivity index (χ0) is 12.2. The average molecular weight is 248 g/mol. The summed E-state index contributed by atoms with van der Waals surface area (Å²) in [6, 6.07) is 6.98. The normalized spacial score (nSPS) is 13.5. The lowest BCUT2D eigenvalue weighted by Gasteiger charge is -2.14. The maximum atomic E-state index is 12.0. The Hall–Kier alpha value is -0.970. The highest BCUT2D eigenvalue weighted by Crippen LogP contribution is 2.34. The summed E-state index contributed by atoms with van der Waals surface area (Å²) < 4.78 is 36.0. The van der Waals surface area contributed by atoms with Crippen molar-refractivity contribution in [3.8, 4) is 0 Å². The fourth-order valence-corrected chi connectivity index (χ4v) is 2.02. The molecule has 16 heavy (non-hydrogen) atoms. The summed E-state index contributed by atoms with van der Waals surface area (Å²) in [4.78, 5) is 10.8. The first-order valence-corrected chi connectivity index (χ1v) is 5.64. The fourth-order valence-electron chi connectivity index (χ4n) is 1.39. The van der Waals surface area contributed by atoms with Crippen LogP contribution in [0, 0.1) is 6.92 Å². The van der Waals surface area contributed by atoms with Gasteiger partial charge >= 0.3 is 5.51 Å². The maximum Gasteiger partial charge on any atom is 0.441 e. The van der Waals surface area contributed by atoms with E-state index in [0.29, 0.717) is 11.8 Å². The quantitative estimate of drug-likeness (QED) is 0.758. The van der Waals surface area contributed by atoms with E-state index in [1.807, 2.05) is 0 Å². The molecule has 1 aromatic rings. The van der Waals surface area contributed by atoms with Crippen molar-refractivity contribution in [3.63, 3.8) is 0 Å². The molecule has 0 aromatic heterocycles. The number of halogens is 3. The Kier molecular flexibility index (Phi) is 4.41. The second-order valence-corrected chi connectivity index (χ2v) is 4.44. The van der Waals surface area contributed by atoms with Gasteiger partial charge in [0.25, 0.3) is 0 Å². The minimum absolute atomic E-state index is 0.161. The molecule has 0 aliphatic rings. The summed E-state index contributed by atoms with van der Waals surface area (Å²) in [5.41, 5.74) is -2.79. The first kappa shape index (κ1) is 13.1. The monoisotopic (exact) mass is 248 g/mol. The number of aryl methyl sites for hydroxylation is 1. The molecule has 0 fully saturated rings. The lowest BCUT2D eigenvalue weighted by atomic mass is 9.98. The average Bonchev–Trinajstić information content (AvgIpc) is 2.20. The van der Waals surface area contributed by atoms with Gasteiger partial charge in [-0.2, -0.15) is 13.2 Å². The van der Waals surface area contributed by atoms with Crippen LogP contribution in [0.2, 0.25) is 0 Å². The van der Waals surface area contributed by atoms with Gasteiger partial charge in [-0.05, 0) is 29.8 Å². The summed E-state index contributed by atoms with van der Waals surface area (Å²) in [5, 5.41) is 0. The minimum Gasteiger partial charge on any atom is -0.303 e. The van der Waals surface area contributed by atoms with Crippen LogP contribution in [0.1, 0.15) is 17.0 Å². The van der Waals surface area contributed by atoms with Gasteiger partial charge < -0.3 is 4.79 Å². The van der Waals surface area contributed by atoms with Gasteiger partial charge in [-0.1, -0.05) is 24.3 Å². The van der Waals surface area contributed by atoms with Crippen LogP contribution in [-0.4, -0.2) is 17.5 Å². The van der Waals surface area contributed by atoms with Crippen LogP contribution >= 0.6 is 11.8 Å². The van der Waals surface area contributed by atoms with Crippen molar-refractivity contribution in [2.24, 2.45) is 0 Å². The summed E-state index contributed by atoms with van der Waals surface area (Å²) >= 11 is -0.161. The molecule has 0 amide bonds. The molecule has 1 unspecified atom stereocenters. The van der Waals surface area contributed by atoms with Gasteiger partial charge in [-0.25, -0.2) is 0 Å². The Balaban J connectivity index is 2.76. The van der Waals surface area contributed by atoms with E-state index in [1.165, 1.54) is 0 Å². The molecule has 0 radical (unpaired) electrons. The number of thioether (sulfide) groups is 1. The van der Waals surface area contributed by atoms with Crippen LogP contribution < -0.4 is 0 Å². The number of benzene rings is 1. The van der Waals surface area contributed by atoms with Crippen LogP contribution in [0.15, 0.2) is 24.3 Å². The highest BCUT2D eigenvalue weighted by atomic mass is 32.2. The topological polar surface area (TPSA) is 17.1 Å². The van der Waals surface area contributed by atoms with Crippen molar-refractivity contribution < 1.29 is 18.0 Å². The molecule has 0 aliphatic carbocycles. The first-order chi connectivity index (χ1) is 7.44. The van der Waals surface area contributed by atoms with E-state index < -0.39 is 11.4 Å². The van der Waals surface area contributed by atoms with Crippen LogP contribution in [0.3, 0.4) is 0 Å². The van der Waals surface area contributed by atoms with Crippen LogP contribution in [0.25, 0.3) is 0 Å². The number of hydrogen-bond acceptors (Lipinski definition) is 2. The minimum atomic E-state index is -4.29. The third-order valence-corrected chi connectivity index (χ3v) is 3.03. The summed E-state index contributed by atoms with van der Waals surface area (Å²) in [6.45, 7) is 1.78. The zero-order valence-electron chi connectivity index (χ0n) is 8.62. The number of carbonyl (C=O) groups excluding carboxylic acids is 1. The van der Waals surface area contributed by atoms with Gasteiger partial charge in [-0.3, -0.25) is 0 Å². The highest BCUT2D eigenvalue weighted by molar-refractivity contribution is 8.00. The predicted octanol–water partition coefficient (Wildman–Crippen LogP) is 3.53. The Morgan fingerprint density at radius 3 is 2.50 bits per heavy atom. The molecule has 88 valence electrons. The second-order valence-electron chi connectivity index (χ2n) is 3.36. The number of hydrogen-bond donors (Lipinski definition) is 0. The van der Waals surface area contributed by atoms with E-state index in [4.69, 9.17) is 0 Å². The van der Waals surface area contributed by atoms with Crippen molar-refractivity contribution in [1.82, 2.24) is 0 Å². The second kappa shape index (κ2) is 5.39. The van der Waals surface area contributed by atoms with E-state index in [2.05, 4.69) is 0 Å². The van der Waals surface area contributed by atoms with Gasteiger partial charge in [0.1, 0.15) is 6.29 Å². The molecule has 1 rings (SSSR count). The lowest BCUT2D eigenvalue weighted by Crippen LogP contribution is -2.10. The fraction of sp³-hybridized carbons (Fsp3) is 0.364. The number of alkyl halides is 3. The van der Waals surface area contributed by atoms with E-state index in [1.54, 1.807) is 31.2 Å². The largest absolute Gasteiger partial charge is 0.441 e. The van der Waals surface area contributed by atoms with Crippen molar-refractivity contribution in [2.75, 3.05) is 5.75 Å². The molecule has 0 saturated heterocycles. The molecular formula is C11H11F3OS. The van der Waals surface area contributed by atoms with Gasteiger partial charge in [0.05, 0.1) is 0 Å². The van der Waals surface area contributed by atoms with Crippen LogP contribution in [0.4, 0.5) is 13.2 Å². The molecule has 0 heterocycles. The number of aldehydes is 1. The van der Waals surface area contributed by atoms with Gasteiger partial charge in [-0.15, -0.1) is 0 Å². The third kappa shape index (κ3) is 3.89. The van der Waals surface area contributed by atoms with Gasteiger partial charge in [0.15, 0.2) is 0 Å². The smallest absolute Gasteiger partial charge is 0.303 e. The zero-order valence-corrected chi connectivity index (χ0v) is 9.44. The molecule has 5 heteroatoms. The molecule has 0 spiro atoms. The molecule has 1 atom stereocenters. The standard InChI is InChI=1S/C11H11F3OS/c1-8-4-2-3-5-10(8)9(6-15)7-16-11(12,13)14/h2-6,9H,7H2,1H3. The Bertz CT molecular complexity index is 362. The predicted molar refractivity (Wildman–Crippen MR) is 58.5 cm³/mol. The van der Waals surface area contributed by atoms with Crippen molar-refractivity contribution in [1.29, 1.82) is 0 Å². The molecule has 1 aromatic carbocycles. The van der Waals surface area contributed by atoms with Crippen molar-refractivity contribution in [3.05, 3.63) is 35.4 Å². The van der Waals surface area contributed by atoms with Gasteiger partial charge in [0, 0.05) is 11.7 Å². The van der Waals surface area contributed by atoms with Crippen molar-refractivity contribution >= 4 is 18.0 Å². The maximum absolute atomic E-state index is 12.0. The molecule has 0 bridgehead atoms. The highest BCUT2D eigenvalue weighted by Gasteiger charge is 2.30. The molecule has 0 N–H and O–H groups in total. The number of carbonyl (C=O) groups is 1. The molecular weight excluding hydrogens is 237 g/mol. The van der Waals surface area contributed by atoms with Crippen LogP contribution in [0.5, 0.6) is 0 Å². The Morgan fingerprint density at radius 1 is 1.38 bits per heavy atom. The first-order valence-electron chi connectivity index (χ1n) is 4.65. The summed E-state index contributed by atoms with van der Waals surface area (Å²) in [5.74, 6) is -0.967. The third-order valence-electron chi connectivity index (χ3n) is 2.18. The van der Waals surface area contributed by atoms with E-state index in [0.717, 1.165) is 5.56 Å². The van der Waals surface area contributed by atoms with Crippen molar-refractivity contribution in [2.45, 2.75) is 18.3 Å². The number of rotatable bonds is 4. The Morgan fingerprint density at radius 2 is 2.00 bits per heavy atom. The van der Waals surface area contributed by atoms with E-state index in [-0.39, 0.29) is 17.5 Å². The molecule has 0 aliphatic heterocycles. The van der Waals surface area contributed by atoms with E-state index >= 15 is 0 Å². The van der Waals surface area contributed by atoms with Crippen LogP contribution in [-0.2, 0) is 4.79 Å². The SMILES string of the molecule is Cc1ccccc1C(C=O)CSC(F)(F)F. The Labute approximate surface area is 96.0 Å². The molecule has 1 nitrogen and oxygen atoms in total. The lowest BCUT2D eigenvalue weighted by molar-refractivity contribution is -0.108. The summed E-state index contributed by atoms with van der Waals surface area (Å²) in [6.07, 6.45) is 0.571.